The van der Waals surface area contributed by atoms with Crippen LogP contribution >= 0.6 is 11.8 Å². The lowest BCUT2D eigenvalue weighted by Crippen LogP contribution is -2.12. The molecule has 0 aromatic carbocycles. The maximum atomic E-state index is 10.6. The average molecular weight is 269 g/mol. The molecule has 0 saturated heterocycles. The number of carboxylic acids is 1. The summed E-state index contributed by atoms with van der Waals surface area (Å²) in [7, 11) is 0. The number of aromatic nitrogens is 4. The van der Waals surface area contributed by atoms with E-state index in [1.165, 1.54) is 17.8 Å². The first-order valence-electron chi connectivity index (χ1n) is 5.11. The van der Waals surface area contributed by atoms with E-state index in [9.17, 15) is 4.79 Å². The highest BCUT2D eigenvalue weighted by atomic mass is 32.2. The summed E-state index contributed by atoms with van der Waals surface area (Å²) in [6, 6.07) is 3.04. The molecule has 18 heavy (non-hydrogen) atoms. The third-order valence-electron chi connectivity index (χ3n) is 2.06. The Balaban J connectivity index is 1.97. The van der Waals surface area contributed by atoms with Crippen molar-refractivity contribution in [2.75, 3.05) is 6.54 Å². The normalized spacial score (nSPS) is 10.7. The Labute approximate surface area is 106 Å². The zero-order valence-corrected chi connectivity index (χ0v) is 10.1. The van der Waals surface area contributed by atoms with Crippen LogP contribution < -0.4 is 5.73 Å². The predicted octanol–water partition coefficient (Wildman–Crippen LogP) is 0.215. The summed E-state index contributed by atoms with van der Waals surface area (Å²) in [5.41, 5.74) is 5.42. The number of carboxylic acid groups (broad SMARTS) is 1. The number of thioether (sulfide) groups is 1. The van der Waals surface area contributed by atoms with Gasteiger partial charge in [-0.25, -0.2) is 9.48 Å². The van der Waals surface area contributed by atoms with Crippen LogP contribution in [-0.2, 0) is 12.3 Å². The van der Waals surface area contributed by atoms with Gasteiger partial charge in [0.05, 0.1) is 12.3 Å². The SMILES string of the molecule is NCCn1nnnc1SCc1ccc(C(=O)O)o1. The fraction of sp³-hybridized carbons (Fsp3) is 0.333. The maximum Gasteiger partial charge on any atom is 0.371 e. The van der Waals surface area contributed by atoms with Crippen molar-refractivity contribution in [2.24, 2.45) is 5.73 Å². The van der Waals surface area contributed by atoms with Crippen LogP contribution in [0.1, 0.15) is 16.3 Å². The van der Waals surface area contributed by atoms with Gasteiger partial charge in [-0.05, 0) is 22.6 Å². The number of nitrogens with two attached hydrogens (primary N) is 1. The monoisotopic (exact) mass is 269 g/mol. The van der Waals surface area contributed by atoms with Gasteiger partial charge < -0.3 is 15.3 Å². The molecule has 0 aliphatic carbocycles. The van der Waals surface area contributed by atoms with E-state index in [1.807, 2.05) is 0 Å². The molecule has 3 N–H and O–H groups in total. The molecule has 96 valence electrons. The van der Waals surface area contributed by atoms with Gasteiger partial charge in [-0.3, -0.25) is 0 Å². The fourth-order valence-corrected chi connectivity index (χ4v) is 2.07. The van der Waals surface area contributed by atoms with E-state index in [-0.39, 0.29) is 5.76 Å². The molecule has 2 rings (SSSR count). The summed E-state index contributed by atoms with van der Waals surface area (Å²) < 4.78 is 6.71. The molecule has 0 spiro atoms. The van der Waals surface area contributed by atoms with Crippen LogP contribution in [0.25, 0.3) is 0 Å². The van der Waals surface area contributed by atoms with Crippen molar-refractivity contribution in [1.82, 2.24) is 20.2 Å². The van der Waals surface area contributed by atoms with Gasteiger partial charge in [-0.2, -0.15) is 0 Å². The van der Waals surface area contributed by atoms with E-state index in [1.54, 1.807) is 10.7 Å². The Hall–Kier alpha value is -1.87. The zero-order valence-electron chi connectivity index (χ0n) is 9.31. The van der Waals surface area contributed by atoms with Crippen LogP contribution in [0.4, 0.5) is 0 Å². The number of hydrogen-bond donors (Lipinski definition) is 2. The summed E-state index contributed by atoms with van der Waals surface area (Å²) >= 11 is 1.36. The molecular weight excluding hydrogens is 258 g/mol. The minimum absolute atomic E-state index is 0.0767. The number of rotatable bonds is 6. The molecule has 2 heterocycles. The van der Waals surface area contributed by atoms with E-state index in [2.05, 4.69) is 15.5 Å². The molecule has 8 nitrogen and oxygen atoms in total. The molecule has 0 amide bonds. The van der Waals surface area contributed by atoms with Crippen LogP contribution in [0.5, 0.6) is 0 Å². The van der Waals surface area contributed by atoms with Gasteiger partial charge >= 0.3 is 5.97 Å². The summed E-state index contributed by atoms with van der Waals surface area (Å²) in [4.78, 5) is 10.6. The predicted molar refractivity (Wildman–Crippen MR) is 62.1 cm³/mol. The molecule has 0 atom stereocenters. The van der Waals surface area contributed by atoms with Crippen molar-refractivity contribution in [1.29, 1.82) is 0 Å². The molecule has 0 aliphatic heterocycles. The van der Waals surface area contributed by atoms with E-state index in [0.717, 1.165) is 0 Å². The Morgan fingerprint density at radius 1 is 1.56 bits per heavy atom. The van der Waals surface area contributed by atoms with Crippen LogP contribution in [0, 0.1) is 0 Å². The third kappa shape index (κ3) is 2.87. The van der Waals surface area contributed by atoms with Gasteiger partial charge in [0.1, 0.15) is 5.76 Å². The van der Waals surface area contributed by atoms with Crippen molar-refractivity contribution < 1.29 is 14.3 Å². The Bertz CT molecular complexity index is 538. The van der Waals surface area contributed by atoms with Gasteiger partial charge in [0, 0.05) is 6.54 Å². The second-order valence-electron chi connectivity index (χ2n) is 3.33. The van der Waals surface area contributed by atoms with E-state index >= 15 is 0 Å². The molecular formula is C9H11N5O3S. The first kappa shape index (κ1) is 12.6. The van der Waals surface area contributed by atoms with Crippen molar-refractivity contribution in [3.8, 4) is 0 Å². The van der Waals surface area contributed by atoms with Crippen molar-refractivity contribution in [2.45, 2.75) is 17.5 Å². The first-order chi connectivity index (χ1) is 8.70. The Morgan fingerprint density at radius 2 is 2.39 bits per heavy atom. The highest BCUT2D eigenvalue weighted by Gasteiger charge is 2.11. The third-order valence-corrected chi connectivity index (χ3v) is 3.04. The van der Waals surface area contributed by atoms with E-state index < -0.39 is 5.97 Å². The number of aromatic carboxylic acids is 1. The molecule has 0 fully saturated rings. The molecule has 0 aliphatic rings. The van der Waals surface area contributed by atoms with Crippen LogP contribution in [0.3, 0.4) is 0 Å². The quantitative estimate of drug-likeness (QED) is 0.714. The Kier molecular flexibility index (Phi) is 3.95. The van der Waals surface area contributed by atoms with Crippen molar-refractivity contribution >= 4 is 17.7 Å². The van der Waals surface area contributed by atoms with Gasteiger partial charge in [0.25, 0.3) is 0 Å². The van der Waals surface area contributed by atoms with Gasteiger partial charge in [-0.15, -0.1) is 5.10 Å². The van der Waals surface area contributed by atoms with Gasteiger partial charge in [-0.1, -0.05) is 11.8 Å². The molecule has 0 saturated carbocycles. The molecule has 0 bridgehead atoms. The Morgan fingerprint density at radius 3 is 3.06 bits per heavy atom. The largest absolute Gasteiger partial charge is 0.475 e. The molecule has 9 heteroatoms. The minimum atomic E-state index is -1.08. The topological polar surface area (TPSA) is 120 Å². The maximum absolute atomic E-state index is 10.6. The van der Waals surface area contributed by atoms with Crippen LogP contribution in [0.15, 0.2) is 21.7 Å². The van der Waals surface area contributed by atoms with Gasteiger partial charge in [0.15, 0.2) is 0 Å². The molecule has 0 radical (unpaired) electrons. The number of carbonyl (C=O) groups is 1. The standard InChI is InChI=1S/C9H11N5O3S/c10-3-4-14-9(11-12-13-14)18-5-6-1-2-7(17-6)8(15)16/h1-2H,3-5,10H2,(H,15,16). The number of nitrogens with zero attached hydrogens (tertiary/aromatic N) is 4. The van der Waals surface area contributed by atoms with Crippen molar-refractivity contribution in [3.05, 3.63) is 23.7 Å². The summed E-state index contributed by atoms with van der Waals surface area (Å²) in [6.45, 7) is 0.983. The smallest absolute Gasteiger partial charge is 0.371 e. The fourth-order valence-electron chi connectivity index (χ4n) is 1.27. The lowest BCUT2D eigenvalue weighted by molar-refractivity contribution is 0.0661. The summed E-state index contributed by atoms with van der Waals surface area (Å²) in [5.74, 6) is -0.149. The number of tetrazole rings is 1. The lowest BCUT2D eigenvalue weighted by atomic mass is 10.4. The summed E-state index contributed by atoms with van der Waals surface area (Å²) in [5, 5.41) is 20.5. The second-order valence-corrected chi connectivity index (χ2v) is 4.28. The van der Waals surface area contributed by atoms with Gasteiger partial charge in [0.2, 0.25) is 10.9 Å². The van der Waals surface area contributed by atoms with Crippen molar-refractivity contribution in [3.63, 3.8) is 0 Å². The minimum Gasteiger partial charge on any atom is -0.475 e. The van der Waals surface area contributed by atoms with E-state index in [4.69, 9.17) is 15.3 Å². The average Bonchev–Trinajstić information content (AvgIpc) is 2.95. The van der Waals surface area contributed by atoms with E-state index in [0.29, 0.717) is 29.8 Å². The van der Waals surface area contributed by atoms with Crippen LogP contribution in [0.2, 0.25) is 0 Å². The highest BCUT2D eigenvalue weighted by molar-refractivity contribution is 7.98. The lowest BCUT2D eigenvalue weighted by Gasteiger charge is -2.00. The number of hydrogen-bond acceptors (Lipinski definition) is 7. The van der Waals surface area contributed by atoms with Crippen LogP contribution in [-0.4, -0.2) is 37.8 Å². The summed E-state index contributed by atoms with van der Waals surface area (Å²) in [6.07, 6.45) is 0. The molecule has 0 unspecified atom stereocenters. The molecule has 2 aromatic rings. The molecule has 2 aromatic heterocycles. The number of furan rings is 1. The zero-order chi connectivity index (χ0) is 13.0. The highest BCUT2D eigenvalue weighted by Crippen LogP contribution is 2.21. The second kappa shape index (κ2) is 5.65. The first-order valence-corrected chi connectivity index (χ1v) is 6.10.